The van der Waals surface area contributed by atoms with E-state index >= 15 is 0 Å². The van der Waals surface area contributed by atoms with Crippen LogP contribution in [0.5, 0.6) is 0 Å². The second-order valence-electron chi connectivity index (χ2n) is 4.14. The Morgan fingerprint density at radius 2 is 2.00 bits per heavy atom. The van der Waals surface area contributed by atoms with Gasteiger partial charge in [0, 0.05) is 5.71 Å². The Kier molecular flexibility index (Phi) is 2.77. The van der Waals surface area contributed by atoms with Gasteiger partial charge < -0.3 is 0 Å². The molecule has 0 fully saturated rings. The van der Waals surface area contributed by atoms with Crippen molar-refractivity contribution in [2.45, 2.75) is 27.2 Å². The number of rotatable bonds is 2. The largest absolute Gasteiger partial charge is 0.272 e. The van der Waals surface area contributed by atoms with E-state index in [1.54, 1.807) is 5.01 Å². The zero-order valence-corrected chi connectivity index (χ0v) is 9.90. The molecule has 0 radical (unpaired) electrons. The molecule has 1 aliphatic heterocycles. The fraction of sp³-hybridized carbons (Fsp3) is 0.385. The van der Waals surface area contributed by atoms with E-state index in [2.05, 4.69) is 5.10 Å². The number of hydrazone groups is 1. The van der Waals surface area contributed by atoms with Gasteiger partial charge in [0.2, 0.25) is 0 Å². The summed E-state index contributed by atoms with van der Waals surface area (Å²) < 4.78 is 0. The molecule has 3 heteroatoms. The van der Waals surface area contributed by atoms with Crippen LogP contribution in [0.4, 0.5) is 5.69 Å². The first-order chi connectivity index (χ1) is 7.65. The highest BCUT2D eigenvalue weighted by Gasteiger charge is 2.33. The number of amides is 1. The van der Waals surface area contributed by atoms with Gasteiger partial charge in [-0.05, 0) is 31.9 Å². The normalized spacial score (nSPS) is 20.2. The summed E-state index contributed by atoms with van der Waals surface area (Å²) in [6.45, 7) is 5.93. The number of carbonyl (C=O) groups is 1. The minimum absolute atomic E-state index is 0.0420. The number of nitrogens with zero attached hydrogens (tertiary/aromatic N) is 2. The summed E-state index contributed by atoms with van der Waals surface area (Å²) in [6.07, 6.45) is 0.816. The van der Waals surface area contributed by atoms with E-state index in [0.717, 1.165) is 23.4 Å². The summed E-state index contributed by atoms with van der Waals surface area (Å²) >= 11 is 0. The number of aryl methyl sites for hydroxylation is 1. The second kappa shape index (κ2) is 4.08. The maximum absolute atomic E-state index is 12.1. The van der Waals surface area contributed by atoms with Crippen molar-refractivity contribution in [1.82, 2.24) is 0 Å². The van der Waals surface area contributed by atoms with Crippen LogP contribution >= 0.6 is 0 Å². The van der Waals surface area contributed by atoms with Crippen LogP contribution in [0.25, 0.3) is 0 Å². The molecule has 16 heavy (non-hydrogen) atoms. The van der Waals surface area contributed by atoms with Gasteiger partial charge in [-0.3, -0.25) is 4.79 Å². The molecule has 1 aromatic rings. The van der Waals surface area contributed by atoms with E-state index in [4.69, 9.17) is 0 Å². The number of hydrogen-bond donors (Lipinski definition) is 0. The van der Waals surface area contributed by atoms with Crippen molar-refractivity contribution in [2.75, 3.05) is 5.01 Å². The van der Waals surface area contributed by atoms with Gasteiger partial charge in [-0.2, -0.15) is 10.1 Å². The summed E-state index contributed by atoms with van der Waals surface area (Å²) in [7, 11) is 0. The summed E-state index contributed by atoms with van der Waals surface area (Å²) in [6, 6.07) is 7.82. The standard InChI is InChI=1S/C13H16N2O/c1-4-11-10(3)14-15(13(11)16)12-8-6-5-7-9(12)2/h5-8,11H,4H2,1-3H3/t11-/m0/s1. The predicted octanol–water partition coefficient (Wildman–Crippen LogP) is 2.74. The molecule has 1 atom stereocenters. The molecule has 0 bridgehead atoms. The molecule has 0 saturated carbocycles. The SMILES string of the molecule is CC[C@@H]1C(=O)N(c2ccccc2C)N=C1C. The van der Waals surface area contributed by atoms with Crippen molar-refractivity contribution >= 4 is 17.3 Å². The average molecular weight is 216 g/mol. The van der Waals surface area contributed by atoms with Gasteiger partial charge in [-0.25, -0.2) is 0 Å². The van der Waals surface area contributed by atoms with E-state index < -0.39 is 0 Å². The Balaban J connectivity index is 2.38. The molecule has 0 N–H and O–H groups in total. The quantitative estimate of drug-likeness (QED) is 0.748. The van der Waals surface area contributed by atoms with Crippen LogP contribution in [0.1, 0.15) is 25.8 Å². The molecule has 2 rings (SSSR count). The molecule has 1 heterocycles. The van der Waals surface area contributed by atoms with Crippen LogP contribution in [0.15, 0.2) is 29.4 Å². The predicted molar refractivity (Wildman–Crippen MR) is 65.6 cm³/mol. The number of para-hydroxylation sites is 1. The van der Waals surface area contributed by atoms with Crippen LogP contribution in [0.3, 0.4) is 0 Å². The highest BCUT2D eigenvalue weighted by atomic mass is 16.2. The van der Waals surface area contributed by atoms with Crippen molar-refractivity contribution in [2.24, 2.45) is 11.0 Å². The first-order valence-corrected chi connectivity index (χ1v) is 5.60. The number of hydrogen-bond acceptors (Lipinski definition) is 2. The van der Waals surface area contributed by atoms with Crippen molar-refractivity contribution in [3.63, 3.8) is 0 Å². The minimum Gasteiger partial charge on any atom is -0.272 e. The maximum Gasteiger partial charge on any atom is 0.256 e. The molecule has 1 aromatic carbocycles. The van der Waals surface area contributed by atoms with Crippen molar-refractivity contribution in [3.8, 4) is 0 Å². The van der Waals surface area contributed by atoms with Crippen LogP contribution in [0, 0.1) is 12.8 Å². The number of anilines is 1. The zero-order chi connectivity index (χ0) is 11.7. The lowest BCUT2D eigenvalue weighted by Crippen LogP contribution is -2.27. The molecule has 0 aliphatic carbocycles. The third-order valence-corrected chi connectivity index (χ3v) is 3.02. The molecule has 1 aliphatic rings. The third kappa shape index (κ3) is 1.62. The van der Waals surface area contributed by atoms with Gasteiger partial charge >= 0.3 is 0 Å². The first kappa shape index (κ1) is 10.9. The second-order valence-corrected chi connectivity index (χ2v) is 4.14. The summed E-state index contributed by atoms with van der Waals surface area (Å²) in [5, 5.41) is 5.89. The summed E-state index contributed by atoms with van der Waals surface area (Å²) in [5.74, 6) is 0.0499. The van der Waals surface area contributed by atoms with Crippen LogP contribution < -0.4 is 5.01 Å². The number of benzene rings is 1. The highest BCUT2D eigenvalue weighted by molar-refractivity contribution is 6.14. The van der Waals surface area contributed by atoms with E-state index in [0.29, 0.717) is 0 Å². The maximum atomic E-state index is 12.1. The molecule has 84 valence electrons. The van der Waals surface area contributed by atoms with Gasteiger partial charge in [0.25, 0.3) is 5.91 Å². The van der Waals surface area contributed by atoms with Crippen LogP contribution in [-0.4, -0.2) is 11.6 Å². The lowest BCUT2D eigenvalue weighted by Gasteiger charge is -2.15. The Bertz CT molecular complexity index is 451. The Labute approximate surface area is 95.8 Å². The van der Waals surface area contributed by atoms with Gasteiger partial charge in [-0.1, -0.05) is 25.1 Å². The highest BCUT2D eigenvalue weighted by Crippen LogP contribution is 2.27. The van der Waals surface area contributed by atoms with E-state index in [1.165, 1.54) is 0 Å². The summed E-state index contributed by atoms with van der Waals surface area (Å²) in [4.78, 5) is 12.1. The van der Waals surface area contributed by atoms with Crippen molar-refractivity contribution in [3.05, 3.63) is 29.8 Å². The molecule has 3 nitrogen and oxygen atoms in total. The lowest BCUT2D eigenvalue weighted by atomic mass is 10.0. The molecule has 0 aromatic heterocycles. The first-order valence-electron chi connectivity index (χ1n) is 5.60. The molecular weight excluding hydrogens is 200 g/mol. The molecule has 0 spiro atoms. The van der Waals surface area contributed by atoms with Gasteiger partial charge in [0.05, 0.1) is 11.6 Å². The monoisotopic (exact) mass is 216 g/mol. The Morgan fingerprint density at radius 1 is 1.31 bits per heavy atom. The molecule has 0 unspecified atom stereocenters. The Morgan fingerprint density at radius 3 is 2.56 bits per heavy atom. The molecular formula is C13H16N2O. The van der Waals surface area contributed by atoms with Crippen molar-refractivity contribution in [1.29, 1.82) is 0 Å². The Hall–Kier alpha value is -1.64. The fourth-order valence-corrected chi connectivity index (χ4v) is 2.05. The van der Waals surface area contributed by atoms with Crippen molar-refractivity contribution < 1.29 is 4.79 Å². The van der Waals surface area contributed by atoms with Crippen LogP contribution in [-0.2, 0) is 4.79 Å². The average Bonchev–Trinajstić information content (AvgIpc) is 2.55. The zero-order valence-electron chi connectivity index (χ0n) is 9.90. The summed E-state index contributed by atoms with van der Waals surface area (Å²) in [5.41, 5.74) is 2.88. The third-order valence-electron chi connectivity index (χ3n) is 3.02. The van der Waals surface area contributed by atoms with Crippen LogP contribution in [0.2, 0.25) is 0 Å². The van der Waals surface area contributed by atoms with Gasteiger partial charge in [-0.15, -0.1) is 0 Å². The van der Waals surface area contributed by atoms with Gasteiger partial charge in [0.15, 0.2) is 0 Å². The van der Waals surface area contributed by atoms with E-state index in [1.807, 2.05) is 45.0 Å². The van der Waals surface area contributed by atoms with Gasteiger partial charge in [0.1, 0.15) is 0 Å². The smallest absolute Gasteiger partial charge is 0.256 e. The number of carbonyl (C=O) groups excluding carboxylic acids is 1. The fourth-order valence-electron chi connectivity index (χ4n) is 2.05. The lowest BCUT2D eigenvalue weighted by molar-refractivity contribution is -0.119. The minimum atomic E-state index is -0.0420. The topological polar surface area (TPSA) is 32.7 Å². The van der Waals surface area contributed by atoms with E-state index in [-0.39, 0.29) is 11.8 Å². The van der Waals surface area contributed by atoms with E-state index in [9.17, 15) is 4.79 Å². The molecule has 0 saturated heterocycles. The molecule has 1 amide bonds.